The van der Waals surface area contributed by atoms with Gasteiger partial charge in [-0.15, -0.1) is 0 Å². The van der Waals surface area contributed by atoms with Crippen molar-refractivity contribution in [1.29, 1.82) is 0 Å². The number of anilines is 1. The summed E-state index contributed by atoms with van der Waals surface area (Å²) in [4.78, 5) is 27.4. The topological polar surface area (TPSA) is 61.4 Å². The van der Waals surface area contributed by atoms with Gasteiger partial charge in [0.15, 0.2) is 0 Å². The molecule has 0 aliphatic carbocycles. The fraction of sp³-hybridized carbons (Fsp3) is 0.391. The van der Waals surface area contributed by atoms with Crippen LogP contribution in [-0.4, -0.2) is 35.8 Å². The zero-order valence-corrected chi connectivity index (χ0v) is 16.3. The predicted molar refractivity (Wildman–Crippen MR) is 110 cm³/mol. The van der Waals surface area contributed by atoms with Crippen LogP contribution in [0, 0.1) is 0 Å². The molecule has 4 rings (SSSR count). The van der Waals surface area contributed by atoms with Crippen LogP contribution >= 0.6 is 0 Å². The van der Waals surface area contributed by atoms with Gasteiger partial charge < -0.3 is 10.6 Å². The molecule has 0 aromatic heterocycles. The molecule has 2 heterocycles. The Balaban J connectivity index is 1.41. The summed E-state index contributed by atoms with van der Waals surface area (Å²) < 4.78 is 0. The highest BCUT2D eigenvalue weighted by Gasteiger charge is 2.31. The number of rotatable bonds is 5. The molecule has 2 atom stereocenters. The molecule has 5 nitrogen and oxygen atoms in total. The SMILES string of the molecule is CCC(CNC(=O)C1CC(=O)Nc2ccccc21)N1CCc2ccccc2C1. The van der Waals surface area contributed by atoms with E-state index in [1.54, 1.807) is 0 Å². The number of carbonyl (C=O) groups is 2. The number of benzene rings is 2. The minimum Gasteiger partial charge on any atom is -0.354 e. The van der Waals surface area contributed by atoms with E-state index >= 15 is 0 Å². The third-order valence-corrected chi connectivity index (χ3v) is 5.98. The van der Waals surface area contributed by atoms with E-state index in [0.717, 1.165) is 37.2 Å². The van der Waals surface area contributed by atoms with E-state index in [1.165, 1.54) is 11.1 Å². The van der Waals surface area contributed by atoms with Crippen molar-refractivity contribution in [3.63, 3.8) is 0 Å². The Kier molecular flexibility index (Phi) is 5.44. The van der Waals surface area contributed by atoms with Crippen molar-refractivity contribution in [2.45, 2.75) is 44.7 Å². The number of hydrogen-bond acceptors (Lipinski definition) is 3. The van der Waals surface area contributed by atoms with E-state index in [0.29, 0.717) is 12.6 Å². The van der Waals surface area contributed by atoms with Gasteiger partial charge in [-0.25, -0.2) is 0 Å². The summed E-state index contributed by atoms with van der Waals surface area (Å²) in [7, 11) is 0. The molecule has 28 heavy (non-hydrogen) atoms. The number of hydrogen-bond donors (Lipinski definition) is 2. The fourth-order valence-corrected chi connectivity index (χ4v) is 4.35. The second kappa shape index (κ2) is 8.15. The molecule has 5 heteroatoms. The third kappa shape index (κ3) is 3.80. The molecule has 2 amide bonds. The van der Waals surface area contributed by atoms with E-state index < -0.39 is 5.92 Å². The van der Waals surface area contributed by atoms with Crippen molar-refractivity contribution >= 4 is 17.5 Å². The fourth-order valence-electron chi connectivity index (χ4n) is 4.35. The maximum atomic E-state index is 12.9. The third-order valence-electron chi connectivity index (χ3n) is 5.98. The summed E-state index contributed by atoms with van der Waals surface area (Å²) in [6, 6.07) is 16.5. The Hall–Kier alpha value is -2.66. The van der Waals surface area contributed by atoms with Crippen molar-refractivity contribution in [3.05, 3.63) is 65.2 Å². The Morgan fingerprint density at radius 1 is 1.18 bits per heavy atom. The molecule has 2 N–H and O–H groups in total. The van der Waals surface area contributed by atoms with Crippen LogP contribution in [0.15, 0.2) is 48.5 Å². The van der Waals surface area contributed by atoms with Gasteiger partial charge in [0.25, 0.3) is 0 Å². The standard InChI is InChI=1S/C23H27N3O2/c1-2-18(26-12-11-16-7-3-4-8-17(16)15-26)14-24-23(28)20-13-22(27)25-21-10-6-5-9-19(20)21/h3-10,18,20H,2,11-15H2,1H3,(H,24,28)(H,25,27). The van der Waals surface area contributed by atoms with Gasteiger partial charge in [-0.2, -0.15) is 0 Å². The second-order valence-corrected chi connectivity index (χ2v) is 7.69. The van der Waals surface area contributed by atoms with Crippen molar-refractivity contribution < 1.29 is 9.59 Å². The molecular formula is C23H27N3O2. The molecule has 0 radical (unpaired) electrons. The highest BCUT2D eigenvalue weighted by atomic mass is 16.2. The van der Waals surface area contributed by atoms with Crippen LogP contribution in [0.2, 0.25) is 0 Å². The molecule has 146 valence electrons. The summed E-state index contributed by atoms with van der Waals surface area (Å²) >= 11 is 0. The first-order valence-corrected chi connectivity index (χ1v) is 10.1. The summed E-state index contributed by atoms with van der Waals surface area (Å²) in [5, 5.41) is 5.98. The highest BCUT2D eigenvalue weighted by molar-refractivity contribution is 6.01. The van der Waals surface area contributed by atoms with Crippen molar-refractivity contribution in [2.75, 3.05) is 18.4 Å². The molecule has 2 aliphatic heterocycles. The Morgan fingerprint density at radius 2 is 1.93 bits per heavy atom. The molecule has 2 unspecified atom stereocenters. The number of carbonyl (C=O) groups excluding carboxylic acids is 2. The predicted octanol–water partition coefficient (Wildman–Crippen LogP) is 3.07. The average molecular weight is 377 g/mol. The number of amides is 2. The van der Waals surface area contributed by atoms with Gasteiger partial charge in [-0.3, -0.25) is 14.5 Å². The molecule has 2 aromatic carbocycles. The zero-order valence-electron chi connectivity index (χ0n) is 16.3. The second-order valence-electron chi connectivity index (χ2n) is 7.69. The highest BCUT2D eigenvalue weighted by Crippen LogP contribution is 2.32. The number of fused-ring (bicyclic) bond motifs is 2. The number of nitrogens with zero attached hydrogens (tertiary/aromatic N) is 1. The van der Waals surface area contributed by atoms with E-state index in [2.05, 4.69) is 46.7 Å². The van der Waals surface area contributed by atoms with Crippen LogP contribution in [0.5, 0.6) is 0 Å². The van der Waals surface area contributed by atoms with Crippen LogP contribution in [0.4, 0.5) is 5.69 Å². The van der Waals surface area contributed by atoms with Gasteiger partial charge in [-0.05, 0) is 35.6 Å². The molecule has 2 aliphatic rings. The van der Waals surface area contributed by atoms with Gasteiger partial charge in [-0.1, -0.05) is 49.4 Å². The zero-order chi connectivity index (χ0) is 19.5. The summed E-state index contributed by atoms with van der Waals surface area (Å²) in [6.45, 7) is 4.72. The number of para-hydroxylation sites is 1. The van der Waals surface area contributed by atoms with Gasteiger partial charge in [0.1, 0.15) is 0 Å². The molecule has 0 fully saturated rings. The van der Waals surface area contributed by atoms with E-state index in [9.17, 15) is 9.59 Å². The Morgan fingerprint density at radius 3 is 2.75 bits per heavy atom. The van der Waals surface area contributed by atoms with Crippen molar-refractivity contribution in [2.24, 2.45) is 0 Å². The van der Waals surface area contributed by atoms with Crippen LogP contribution in [0.1, 0.15) is 42.4 Å². The smallest absolute Gasteiger partial charge is 0.228 e. The monoisotopic (exact) mass is 377 g/mol. The van der Waals surface area contributed by atoms with Crippen molar-refractivity contribution in [1.82, 2.24) is 10.2 Å². The van der Waals surface area contributed by atoms with E-state index in [4.69, 9.17) is 0 Å². The largest absolute Gasteiger partial charge is 0.354 e. The first-order chi connectivity index (χ1) is 13.7. The van der Waals surface area contributed by atoms with Gasteiger partial charge in [0, 0.05) is 37.8 Å². The lowest BCUT2D eigenvalue weighted by Crippen LogP contribution is -2.47. The van der Waals surface area contributed by atoms with Gasteiger partial charge >= 0.3 is 0 Å². The quantitative estimate of drug-likeness (QED) is 0.842. The Bertz CT molecular complexity index is 880. The van der Waals surface area contributed by atoms with E-state index in [1.807, 2.05) is 24.3 Å². The molecule has 0 spiro atoms. The molecular weight excluding hydrogens is 350 g/mol. The average Bonchev–Trinajstić information content (AvgIpc) is 2.73. The maximum absolute atomic E-state index is 12.9. The summed E-state index contributed by atoms with van der Waals surface area (Å²) in [6.07, 6.45) is 2.23. The lowest BCUT2D eigenvalue weighted by Gasteiger charge is -2.35. The number of nitrogens with one attached hydrogen (secondary N) is 2. The normalized spacial score (nSPS) is 19.9. The first-order valence-electron chi connectivity index (χ1n) is 10.1. The molecule has 0 bridgehead atoms. The van der Waals surface area contributed by atoms with Gasteiger partial charge in [0.2, 0.25) is 11.8 Å². The van der Waals surface area contributed by atoms with Gasteiger partial charge in [0.05, 0.1) is 5.92 Å². The minimum absolute atomic E-state index is 0.0573. The molecule has 0 saturated carbocycles. The van der Waals surface area contributed by atoms with Crippen molar-refractivity contribution in [3.8, 4) is 0 Å². The lowest BCUT2D eigenvalue weighted by molar-refractivity contribution is -0.126. The summed E-state index contributed by atoms with van der Waals surface area (Å²) in [5.41, 5.74) is 4.47. The van der Waals surface area contributed by atoms with Crippen LogP contribution < -0.4 is 10.6 Å². The van der Waals surface area contributed by atoms with Crippen LogP contribution in [0.25, 0.3) is 0 Å². The minimum atomic E-state index is -0.412. The van der Waals surface area contributed by atoms with Crippen LogP contribution in [0.3, 0.4) is 0 Å². The van der Waals surface area contributed by atoms with Crippen LogP contribution in [-0.2, 0) is 22.6 Å². The molecule has 0 saturated heterocycles. The first kappa shape index (κ1) is 18.7. The lowest BCUT2D eigenvalue weighted by atomic mass is 9.89. The maximum Gasteiger partial charge on any atom is 0.228 e. The Labute approximate surface area is 166 Å². The molecule has 2 aromatic rings. The summed E-state index contributed by atoms with van der Waals surface area (Å²) in [5.74, 6) is -0.568. The van der Waals surface area contributed by atoms with E-state index in [-0.39, 0.29) is 18.2 Å².